The number of pyridine rings is 1. The Balaban J connectivity index is 2.51. The van der Waals surface area contributed by atoms with Crippen molar-refractivity contribution in [2.45, 2.75) is 13.8 Å². The lowest BCUT2D eigenvalue weighted by molar-refractivity contribution is 0.440. The van der Waals surface area contributed by atoms with Crippen LogP contribution in [0.25, 0.3) is 0 Å². The third kappa shape index (κ3) is 2.70. The van der Waals surface area contributed by atoms with Crippen LogP contribution in [0.5, 0.6) is 11.5 Å². The molecule has 0 saturated heterocycles. The second-order valence-corrected chi connectivity index (χ2v) is 4.17. The van der Waals surface area contributed by atoms with Gasteiger partial charge in [-0.25, -0.2) is 4.39 Å². The number of nitrogens with zero attached hydrogens (tertiary/aromatic N) is 1. The molecule has 2 rings (SSSR count). The average molecular weight is 259 g/mol. The van der Waals surface area contributed by atoms with Gasteiger partial charge in [0.1, 0.15) is 11.6 Å². The number of hydrogen-bond donors (Lipinski definition) is 2. The van der Waals surface area contributed by atoms with Gasteiger partial charge in [-0.1, -0.05) is 12.1 Å². The molecule has 98 valence electrons. The Labute approximate surface area is 110 Å². The number of para-hydroxylation sites is 1. The van der Waals surface area contributed by atoms with E-state index in [4.69, 9.17) is 15.9 Å². The number of hydrogen-bond acceptors (Lipinski definition) is 3. The van der Waals surface area contributed by atoms with Crippen LogP contribution in [-0.2, 0) is 0 Å². The van der Waals surface area contributed by atoms with Crippen LogP contribution in [0.2, 0.25) is 0 Å². The van der Waals surface area contributed by atoms with Gasteiger partial charge in [0.05, 0.1) is 11.3 Å². The summed E-state index contributed by atoms with van der Waals surface area (Å²) in [7, 11) is 0. The Bertz CT molecular complexity index is 641. The molecule has 5 heteroatoms. The fourth-order valence-electron chi connectivity index (χ4n) is 1.85. The van der Waals surface area contributed by atoms with E-state index in [1.807, 2.05) is 0 Å². The average Bonchev–Trinajstić information content (AvgIpc) is 2.30. The Morgan fingerprint density at radius 3 is 2.58 bits per heavy atom. The third-order valence-corrected chi connectivity index (χ3v) is 2.62. The molecule has 0 aliphatic carbocycles. The molecule has 4 nitrogen and oxygen atoms in total. The Morgan fingerprint density at radius 2 is 1.95 bits per heavy atom. The highest BCUT2D eigenvalue weighted by atomic mass is 19.1. The summed E-state index contributed by atoms with van der Waals surface area (Å²) < 4.78 is 19.1. The van der Waals surface area contributed by atoms with Gasteiger partial charge in [0, 0.05) is 11.8 Å². The fraction of sp³-hybridized carbons (Fsp3) is 0.143. The zero-order valence-electron chi connectivity index (χ0n) is 10.7. The molecule has 0 radical (unpaired) electrons. The highest BCUT2D eigenvalue weighted by Gasteiger charge is 2.14. The number of halogens is 1. The van der Waals surface area contributed by atoms with Gasteiger partial charge in [0.15, 0.2) is 11.6 Å². The normalized spacial score (nSPS) is 10.3. The minimum absolute atomic E-state index is 0.0926. The number of aromatic nitrogens is 1. The summed E-state index contributed by atoms with van der Waals surface area (Å²) in [6.45, 7) is 3.53. The van der Waals surface area contributed by atoms with Crippen LogP contribution in [0.15, 0.2) is 30.3 Å². The van der Waals surface area contributed by atoms with Crippen molar-refractivity contribution in [1.29, 1.82) is 5.41 Å². The third-order valence-electron chi connectivity index (χ3n) is 2.62. The predicted octanol–water partition coefficient (Wildman–Crippen LogP) is 2.91. The molecular formula is C14H14FN3O. The standard InChI is InChI=1S/C14H14FN3O/c1-8-7-12(13(14(16)17)9(2)18-8)19-11-6-4-3-5-10(11)15/h3-7H,1-2H3,(H3,16,17). The van der Waals surface area contributed by atoms with Gasteiger partial charge in [0.2, 0.25) is 0 Å². The molecule has 0 amide bonds. The van der Waals surface area contributed by atoms with Crippen molar-refractivity contribution in [3.05, 3.63) is 53.1 Å². The van der Waals surface area contributed by atoms with Gasteiger partial charge < -0.3 is 10.5 Å². The maximum atomic E-state index is 13.6. The molecule has 0 unspecified atom stereocenters. The van der Waals surface area contributed by atoms with Crippen molar-refractivity contribution in [3.63, 3.8) is 0 Å². The van der Waals surface area contributed by atoms with Gasteiger partial charge in [-0.05, 0) is 26.0 Å². The molecule has 2 aromatic rings. The first-order valence-electron chi connectivity index (χ1n) is 5.74. The molecule has 0 aliphatic rings. The molecule has 19 heavy (non-hydrogen) atoms. The Hall–Kier alpha value is -2.43. The van der Waals surface area contributed by atoms with Crippen LogP contribution >= 0.6 is 0 Å². The molecule has 0 bridgehead atoms. The monoisotopic (exact) mass is 259 g/mol. The van der Waals surface area contributed by atoms with E-state index in [-0.39, 0.29) is 11.6 Å². The van der Waals surface area contributed by atoms with Gasteiger partial charge >= 0.3 is 0 Å². The number of nitrogen functional groups attached to an aromatic ring is 1. The largest absolute Gasteiger partial charge is 0.453 e. The molecule has 1 aromatic heterocycles. The number of aryl methyl sites for hydroxylation is 2. The van der Waals surface area contributed by atoms with Gasteiger partial charge in [-0.15, -0.1) is 0 Å². The number of ether oxygens (including phenoxy) is 1. The van der Waals surface area contributed by atoms with Crippen molar-refractivity contribution < 1.29 is 9.13 Å². The predicted molar refractivity (Wildman–Crippen MR) is 71.2 cm³/mol. The van der Waals surface area contributed by atoms with E-state index in [1.165, 1.54) is 12.1 Å². The summed E-state index contributed by atoms with van der Waals surface area (Å²) in [6.07, 6.45) is 0. The zero-order valence-corrected chi connectivity index (χ0v) is 10.7. The van der Waals surface area contributed by atoms with Crippen LogP contribution in [-0.4, -0.2) is 10.8 Å². The SMILES string of the molecule is Cc1cc(Oc2ccccc2F)c(C(=N)N)c(C)n1. The molecule has 3 N–H and O–H groups in total. The van der Waals surface area contributed by atoms with Crippen LogP contribution < -0.4 is 10.5 Å². The quantitative estimate of drug-likeness (QED) is 0.657. The maximum Gasteiger partial charge on any atom is 0.165 e. The summed E-state index contributed by atoms with van der Waals surface area (Å²) in [5, 5.41) is 7.57. The number of benzene rings is 1. The number of nitrogens with one attached hydrogen (secondary N) is 1. The van der Waals surface area contributed by atoms with Crippen molar-refractivity contribution in [2.24, 2.45) is 5.73 Å². The van der Waals surface area contributed by atoms with Crippen molar-refractivity contribution >= 4 is 5.84 Å². The van der Waals surface area contributed by atoms with Crippen molar-refractivity contribution in [1.82, 2.24) is 4.98 Å². The fourth-order valence-corrected chi connectivity index (χ4v) is 1.85. The first-order valence-corrected chi connectivity index (χ1v) is 5.74. The van der Waals surface area contributed by atoms with Crippen molar-refractivity contribution in [3.8, 4) is 11.5 Å². The first-order chi connectivity index (χ1) is 8.99. The summed E-state index contributed by atoms with van der Waals surface area (Å²) in [6, 6.07) is 7.72. The Kier molecular flexibility index (Phi) is 3.46. The summed E-state index contributed by atoms with van der Waals surface area (Å²) >= 11 is 0. The first kappa shape index (κ1) is 13.0. The van der Waals surface area contributed by atoms with E-state index >= 15 is 0 Å². The van der Waals surface area contributed by atoms with Crippen LogP contribution in [0.1, 0.15) is 17.0 Å². The lowest BCUT2D eigenvalue weighted by Gasteiger charge is -2.13. The molecular weight excluding hydrogens is 245 g/mol. The molecule has 1 heterocycles. The molecule has 1 aromatic carbocycles. The topological polar surface area (TPSA) is 72.0 Å². The number of amidine groups is 1. The van der Waals surface area contributed by atoms with Crippen LogP contribution in [0, 0.1) is 25.1 Å². The van der Waals surface area contributed by atoms with E-state index in [2.05, 4.69) is 4.98 Å². The second kappa shape index (κ2) is 5.06. The van der Waals surface area contributed by atoms with Crippen molar-refractivity contribution in [2.75, 3.05) is 0 Å². The molecule has 0 fully saturated rings. The maximum absolute atomic E-state index is 13.6. The number of nitrogens with two attached hydrogens (primary N) is 1. The lowest BCUT2D eigenvalue weighted by atomic mass is 10.1. The molecule has 0 spiro atoms. The second-order valence-electron chi connectivity index (χ2n) is 4.17. The van der Waals surface area contributed by atoms with E-state index in [1.54, 1.807) is 32.0 Å². The van der Waals surface area contributed by atoms with E-state index < -0.39 is 5.82 Å². The highest BCUT2D eigenvalue weighted by molar-refractivity contribution is 5.98. The van der Waals surface area contributed by atoms with Gasteiger partial charge in [-0.3, -0.25) is 10.4 Å². The van der Waals surface area contributed by atoms with Gasteiger partial charge in [0.25, 0.3) is 0 Å². The smallest absolute Gasteiger partial charge is 0.165 e. The zero-order chi connectivity index (χ0) is 14.0. The van der Waals surface area contributed by atoms with Gasteiger partial charge in [-0.2, -0.15) is 0 Å². The molecule has 0 saturated carbocycles. The number of rotatable bonds is 3. The lowest BCUT2D eigenvalue weighted by Crippen LogP contribution is -2.15. The minimum atomic E-state index is -0.468. The highest BCUT2D eigenvalue weighted by Crippen LogP contribution is 2.29. The molecule has 0 aliphatic heterocycles. The van der Waals surface area contributed by atoms with E-state index in [9.17, 15) is 4.39 Å². The van der Waals surface area contributed by atoms with E-state index in [0.29, 0.717) is 22.7 Å². The van der Waals surface area contributed by atoms with E-state index in [0.717, 1.165) is 0 Å². The minimum Gasteiger partial charge on any atom is -0.453 e. The summed E-state index contributed by atoms with van der Waals surface area (Å²) in [4.78, 5) is 4.22. The summed E-state index contributed by atoms with van der Waals surface area (Å²) in [5.41, 5.74) is 7.21. The summed E-state index contributed by atoms with van der Waals surface area (Å²) in [5.74, 6) is -0.196. The molecule has 0 atom stereocenters. The van der Waals surface area contributed by atoms with Crippen LogP contribution in [0.3, 0.4) is 0 Å². The Morgan fingerprint density at radius 1 is 1.26 bits per heavy atom. The van der Waals surface area contributed by atoms with Crippen LogP contribution in [0.4, 0.5) is 4.39 Å².